The average Bonchev–Trinajstić information content (AvgIpc) is 2.92. The Morgan fingerprint density at radius 1 is 1.28 bits per heavy atom. The number of aromatic nitrogens is 3. The molecule has 0 aliphatic heterocycles. The highest BCUT2D eigenvalue weighted by atomic mass is 127. The van der Waals surface area contributed by atoms with Crippen LogP contribution in [0, 0.1) is 6.92 Å². The van der Waals surface area contributed by atoms with Gasteiger partial charge in [-0.3, -0.25) is 0 Å². The first-order valence-electron chi connectivity index (χ1n) is 9.18. The van der Waals surface area contributed by atoms with Crippen LogP contribution in [0.2, 0.25) is 0 Å². The maximum Gasteiger partial charge on any atom is 0.191 e. The van der Waals surface area contributed by atoms with Gasteiger partial charge in [0.1, 0.15) is 12.4 Å². The predicted octanol–water partition coefficient (Wildman–Crippen LogP) is 2.54. The van der Waals surface area contributed by atoms with Crippen LogP contribution < -0.4 is 10.6 Å². The fraction of sp³-hybridized carbons (Fsp3) is 0.824. The third-order valence-electron chi connectivity index (χ3n) is 4.47. The molecule has 7 nitrogen and oxygen atoms in total. The number of nitrogens with one attached hydrogen (secondary N) is 2. The molecule has 0 aromatic carbocycles. The quantitative estimate of drug-likeness (QED) is 0.268. The van der Waals surface area contributed by atoms with Crippen LogP contribution in [0.15, 0.2) is 4.99 Å². The molecule has 1 aromatic rings. The van der Waals surface area contributed by atoms with E-state index in [1.807, 2.05) is 25.5 Å². The summed E-state index contributed by atoms with van der Waals surface area (Å²) in [7, 11) is 1.98. The van der Waals surface area contributed by atoms with E-state index in [2.05, 4.69) is 20.8 Å². The molecular weight excluding hydrogens is 431 g/mol. The number of halogens is 1. The summed E-state index contributed by atoms with van der Waals surface area (Å²) in [6, 6.07) is 0.526. The van der Waals surface area contributed by atoms with Crippen LogP contribution >= 0.6 is 24.0 Å². The molecule has 1 saturated carbocycles. The second-order valence-corrected chi connectivity index (χ2v) is 6.34. The van der Waals surface area contributed by atoms with Crippen molar-refractivity contribution in [2.75, 3.05) is 19.8 Å². The molecule has 2 N–H and O–H groups in total. The lowest BCUT2D eigenvalue weighted by Crippen LogP contribution is -2.44. The Bertz CT molecular complexity index is 513. The molecule has 0 amide bonds. The van der Waals surface area contributed by atoms with Gasteiger partial charge in [0.2, 0.25) is 0 Å². The largest absolute Gasteiger partial charge is 0.382 e. The minimum Gasteiger partial charge on any atom is -0.382 e. The second-order valence-electron chi connectivity index (χ2n) is 6.34. The van der Waals surface area contributed by atoms with Crippen LogP contribution in [-0.4, -0.2) is 46.5 Å². The molecule has 0 radical (unpaired) electrons. The number of nitrogens with zero attached hydrogens (tertiary/aromatic N) is 4. The molecule has 1 heterocycles. The summed E-state index contributed by atoms with van der Waals surface area (Å²) in [5.41, 5.74) is 0. The Morgan fingerprint density at radius 2 is 2.04 bits per heavy atom. The second kappa shape index (κ2) is 12.5. The van der Waals surface area contributed by atoms with Gasteiger partial charge in [0, 0.05) is 32.8 Å². The number of aliphatic imine (C=N–C) groups is 1. The summed E-state index contributed by atoms with van der Waals surface area (Å²) in [6.07, 6.45) is 7.38. The van der Waals surface area contributed by atoms with Crippen LogP contribution in [0.4, 0.5) is 0 Å². The smallest absolute Gasteiger partial charge is 0.191 e. The van der Waals surface area contributed by atoms with Gasteiger partial charge in [0.25, 0.3) is 0 Å². The van der Waals surface area contributed by atoms with E-state index in [1.54, 1.807) is 0 Å². The van der Waals surface area contributed by atoms with Crippen molar-refractivity contribution in [3.05, 3.63) is 11.6 Å². The van der Waals surface area contributed by atoms with Crippen LogP contribution in [0.5, 0.6) is 0 Å². The standard InChI is InChI=1S/C17H32N6O.HI/c1-4-24-12-8-11-18-17(20-15-9-6-5-7-10-15)19-13-16-22-21-14(2)23(16)3;/h15H,4-13H2,1-3H3,(H2,18,19,20);1H. The van der Waals surface area contributed by atoms with Crippen molar-refractivity contribution in [3.63, 3.8) is 0 Å². The normalized spacial score (nSPS) is 15.7. The number of guanidine groups is 1. The van der Waals surface area contributed by atoms with Gasteiger partial charge in [0.15, 0.2) is 11.8 Å². The first-order valence-corrected chi connectivity index (χ1v) is 9.18. The summed E-state index contributed by atoms with van der Waals surface area (Å²) < 4.78 is 7.37. The van der Waals surface area contributed by atoms with Crippen molar-refractivity contribution < 1.29 is 4.74 Å². The minimum atomic E-state index is 0. The van der Waals surface area contributed by atoms with Crippen LogP contribution in [0.1, 0.15) is 57.1 Å². The Hall–Kier alpha value is -0.900. The van der Waals surface area contributed by atoms with E-state index in [0.29, 0.717) is 12.6 Å². The lowest BCUT2D eigenvalue weighted by atomic mass is 9.96. The van der Waals surface area contributed by atoms with Crippen molar-refractivity contribution in [1.82, 2.24) is 25.4 Å². The van der Waals surface area contributed by atoms with Gasteiger partial charge < -0.3 is 19.9 Å². The number of ether oxygens (including phenoxy) is 1. The molecule has 25 heavy (non-hydrogen) atoms. The molecule has 144 valence electrons. The van der Waals surface area contributed by atoms with Gasteiger partial charge in [-0.25, -0.2) is 4.99 Å². The Morgan fingerprint density at radius 3 is 2.68 bits per heavy atom. The molecule has 0 atom stereocenters. The zero-order valence-corrected chi connectivity index (χ0v) is 18.1. The highest BCUT2D eigenvalue weighted by Gasteiger charge is 2.15. The molecule has 1 fully saturated rings. The lowest BCUT2D eigenvalue weighted by molar-refractivity contribution is 0.145. The van der Waals surface area contributed by atoms with Gasteiger partial charge >= 0.3 is 0 Å². The Labute approximate surface area is 168 Å². The number of hydrogen-bond donors (Lipinski definition) is 2. The summed E-state index contributed by atoms with van der Waals surface area (Å²) in [5.74, 6) is 2.66. The van der Waals surface area contributed by atoms with E-state index in [-0.39, 0.29) is 24.0 Å². The SMILES string of the molecule is CCOCCCNC(=NCc1nnc(C)n1C)NC1CCCCC1.I. The molecule has 0 spiro atoms. The van der Waals surface area contributed by atoms with Crippen molar-refractivity contribution >= 4 is 29.9 Å². The Kier molecular flexibility index (Phi) is 11.0. The fourth-order valence-corrected chi connectivity index (χ4v) is 2.86. The number of aryl methyl sites for hydroxylation is 1. The summed E-state index contributed by atoms with van der Waals surface area (Å²) in [4.78, 5) is 4.71. The van der Waals surface area contributed by atoms with Gasteiger partial charge in [-0.2, -0.15) is 0 Å². The fourth-order valence-electron chi connectivity index (χ4n) is 2.86. The van der Waals surface area contributed by atoms with E-state index in [0.717, 1.165) is 43.8 Å². The molecule has 1 aliphatic carbocycles. The number of rotatable bonds is 8. The highest BCUT2D eigenvalue weighted by Crippen LogP contribution is 2.17. The summed E-state index contributed by atoms with van der Waals surface area (Å²) >= 11 is 0. The first-order chi connectivity index (χ1) is 11.7. The van der Waals surface area contributed by atoms with Crippen molar-refractivity contribution in [3.8, 4) is 0 Å². The Balaban J connectivity index is 0.00000312. The van der Waals surface area contributed by atoms with Crippen molar-refractivity contribution in [2.45, 2.75) is 65.0 Å². The maximum atomic E-state index is 5.39. The van der Waals surface area contributed by atoms with Crippen LogP contribution in [-0.2, 0) is 18.3 Å². The molecule has 2 rings (SSSR count). The minimum absolute atomic E-state index is 0. The molecule has 8 heteroatoms. The molecule has 1 aliphatic rings. The summed E-state index contributed by atoms with van der Waals surface area (Å²) in [6.45, 7) is 6.91. The van der Waals surface area contributed by atoms with Gasteiger partial charge in [0.05, 0.1) is 0 Å². The zero-order chi connectivity index (χ0) is 17.2. The van der Waals surface area contributed by atoms with Crippen LogP contribution in [0.3, 0.4) is 0 Å². The van der Waals surface area contributed by atoms with Crippen LogP contribution in [0.25, 0.3) is 0 Å². The lowest BCUT2D eigenvalue weighted by Gasteiger charge is -2.25. The third kappa shape index (κ3) is 7.89. The third-order valence-corrected chi connectivity index (χ3v) is 4.47. The van der Waals surface area contributed by atoms with E-state index >= 15 is 0 Å². The molecule has 0 saturated heterocycles. The highest BCUT2D eigenvalue weighted by molar-refractivity contribution is 14.0. The van der Waals surface area contributed by atoms with E-state index in [1.165, 1.54) is 32.1 Å². The average molecular weight is 464 g/mol. The van der Waals surface area contributed by atoms with Gasteiger partial charge in [-0.1, -0.05) is 19.3 Å². The predicted molar refractivity (Wildman–Crippen MR) is 111 cm³/mol. The first kappa shape index (κ1) is 22.1. The summed E-state index contributed by atoms with van der Waals surface area (Å²) in [5, 5.41) is 15.3. The molecular formula is C17H33IN6O. The van der Waals surface area contributed by atoms with E-state index < -0.39 is 0 Å². The molecule has 0 unspecified atom stereocenters. The topological polar surface area (TPSA) is 76.4 Å². The van der Waals surface area contributed by atoms with Gasteiger partial charge in [-0.05, 0) is 33.1 Å². The van der Waals surface area contributed by atoms with Crippen molar-refractivity contribution in [1.29, 1.82) is 0 Å². The van der Waals surface area contributed by atoms with E-state index in [4.69, 9.17) is 9.73 Å². The molecule has 1 aromatic heterocycles. The van der Waals surface area contributed by atoms with Crippen molar-refractivity contribution in [2.24, 2.45) is 12.0 Å². The maximum absolute atomic E-state index is 5.39. The molecule has 0 bridgehead atoms. The monoisotopic (exact) mass is 464 g/mol. The van der Waals surface area contributed by atoms with E-state index in [9.17, 15) is 0 Å². The van der Waals surface area contributed by atoms with Gasteiger partial charge in [-0.15, -0.1) is 34.2 Å². The zero-order valence-electron chi connectivity index (χ0n) is 15.8. The number of hydrogen-bond acceptors (Lipinski definition) is 4.